The van der Waals surface area contributed by atoms with Crippen LogP contribution in [0, 0.1) is 0 Å². The van der Waals surface area contributed by atoms with Crippen molar-refractivity contribution < 1.29 is 7.67 Å². The normalized spacial score (nSPS) is 12.1. The van der Waals surface area contributed by atoms with Gasteiger partial charge in [-0.15, -0.1) is 0 Å². The molecule has 17 heavy (non-hydrogen) atoms. The first kappa shape index (κ1) is 14.1. The van der Waals surface area contributed by atoms with Gasteiger partial charge in [0.15, 0.2) is 0 Å². The fourth-order valence-corrected chi connectivity index (χ4v) is 3.84. The molecule has 0 heterocycles. The Balaban J connectivity index is 2.48. The van der Waals surface area contributed by atoms with Gasteiger partial charge in [0.2, 0.25) is 0 Å². The molecule has 0 fully saturated rings. The van der Waals surface area contributed by atoms with Gasteiger partial charge in [-0.05, 0) is 0 Å². The third-order valence-corrected chi connectivity index (χ3v) is 5.68. The van der Waals surface area contributed by atoms with Crippen molar-refractivity contribution in [1.82, 2.24) is 0 Å². The van der Waals surface area contributed by atoms with Crippen molar-refractivity contribution in [3.05, 3.63) is 41.4 Å². The molecule has 3 heteroatoms. The van der Waals surface area contributed by atoms with Crippen LogP contribution in [0.3, 0.4) is 0 Å². The van der Waals surface area contributed by atoms with Crippen LogP contribution in [0.25, 0.3) is 0 Å². The predicted molar refractivity (Wildman–Crippen MR) is 71.1 cm³/mol. The van der Waals surface area contributed by atoms with Crippen LogP contribution >= 0.6 is 0 Å². The van der Waals surface area contributed by atoms with Crippen molar-refractivity contribution in [3.8, 4) is 0 Å². The second-order valence-corrected chi connectivity index (χ2v) is 7.93. The summed E-state index contributed by atoms with van der Waals surface area (Å²) in [5, 5.41) is 0. The van der Waals surface area contributed by atoms with E-state index in [0.29, 0.717) is 4.46 Å². The van der Waals surface area contributed by atoms with Gasteiger partial charge < -0.3 is 0 Å². The monoisotopic (exact) mass is 300 g/mol. The summed E-state index contributed by atoms with van der Waals surface area (Å²) in [7, 11) is 0. The van der Waals surface area contributed by atoms with Gasteiger partial charge >= 0.3 is 105 Å². The number of unbranched alkanes of at least 4 members (excludes halogenated alkanes) is 4. The molecule has 0 unspecified atom stereocenters. The Bertz CT molecular complexity index is 433. The van der Waals surface area contributed by atoms with E-state index in [-0.39, 0.29) is 0 Å². The van der Waals surface area contributed by atoms with E-state index >= 15 is 0 Å². The molecule has 2 nitrogen and oxygen atoms in total. The van der Waals surface area contributed by atoms with Gasteiger partial charge in [0.1, 0.15) is 0 Å². The molecule has 1 aromatic carbocycles. The molecule has 0 aliphatic rings. The van der Waals surface area contributed by atoms with E-state index < -0.39 is 12.7 Å². The molecule has 0 bridgehead atoms. The molecule has 0 radical (unpaired) electrons. The van der Waals surface area contributed by atoms with Crippen molar-refractivity contribution in [2.24, 2.45) is 0 Å². The third-order valence-electron chi connectivity index (χ3n) is 2.57. The molecule has 1 rings (SSSR count). The molecule has 0 aliphatic heterocycles. The van der Waals surface area contributed by atoms with Crippen LogP contribution in [0.2, 0.25) is 0 Å². The van der Waals surface area contributed by atoms with Crippen molar-refractivity contribution in [3.63, 3.8) is 0 Å². The van der Waals surface area contributed by atoms with Crippen molar-refractivity contribution >= 4 is 17.2 Å². The van der Waals surface area contributed by atoms with Gasteiger partial charge in [0.05, 0.1) is 0 Å². The van der Waals surface area contributed by atoms with E-state index in [4.69, 9.17) is 0 Å². The Labute approximate surface area is 105 Å². The minimum atomic E-state index is -4.01. The SMILES string of the molecule is CCCCCC/C=C\[Se](=O)(=O)c1ccccc1. The molecule has 94 valence electrons. The Kier molecular flexibility index (Phi) is 6.17. The molecule has 0 atom stereocenters. The molecule has 1 aromatic rings. The Morgan fingerprint density at radius 1 is 1.06 bits per heavy atom. The Hall–Kier alpha value is -0.921. The number of allylic oxidation sites excluding steroid dienone is 1. The summed E-state index contributed by atoms with van der Waals surface area (Å²) in [6, 6.07) is 8.65. The molecule has 0 aromatic heterocycles. The van der Waals surface area contributed by atoms with Crippen LogP contribution in [0.15, 0.2) is 41.4 Å². The molecule has 0 aliphatic carbocycles. The predicted octanol–water partition coefficient (Wildman–Crippen LogP) is 3.26. The van der Waals surface area contributed by atoms with E-state index in [1.165, 1.54) is 24.2 Å². The summed E-state index contributed by atoms with van der Waals surface area (Å²) in [5.41, 5.74) is 0. The number of hydrogen-bond donors (Lipinski definition) is 0. The van der Waals surface area contributed by atoms with E-state index in [1.807, 2.05) is 6.07 Å². The second kappa shape index (κ2) is 7.41. The molecule has 0 saturated heterocycles. The van der Waals surface area contributed by atoms with Crippen molar-refractivity contribution in [2.75, 3.05) is 0 Å². The van der Waals surface area contributed by atoms with Crippen LogP contribution in [0.1, 0.15) is 39.0 Å². The summed E-state index contributed by atoms with van der Waals surface area (Å²) in [6.07, 6.45) is 7.34. The summed E-state index contributed by atoms with van der Waals surface area (Å²) in [5.74, 6) is 0. The fourth-order valence-electron chi connectivity index (χ4n) is 1.57. The number of rotatable bonds is 7. The van der Waals surface area contributed by atoms with Crippen LogP contribution < -0.4 is 4.46 Å². The average Bonchev–Trinajstić information content (AvgIpc) is 2.35. The molecule has 0 N–H and O–H groups in total. The third kappa shape index (κ3) is 5.29. The molecular weight excluding hydrogens is 279 g/mol. The van der Waals surface area contributed by atoms with Gasteiger partial charge in [0.25, 0.3) is 0 Å². The topological polar surface area (TPSA) is 34.1 Å². The maximum atomic E-state index is 11.9. The molecule has 0 saturated carbocycles. The van der Waals surface area contributed by atoms with Crippen LogP contribution in [-0.2, 0) is 7.67 Å². The quantitative estimate of drug-likeness (QED) is 0.572. The Morgan fingerprint density at radius 3 is 2.41 bits per heavy atom. The van der Waals surface area contributed by atoms with Crippen LogP contribution in [-0.4, -0.2) is 12.7 Å². The van der Waals surface area contributed by atoms with Crippen molar-refractivity contribution in [1.29, 1.82) is 0 Å². The van der Waals surface area contributed by atoms with Gasteiger partial charge in [-0.2, -0.15) is 0 Å². The maximum absolute atomic E-state index is 11.9. The van der Waals surface area contributed by atoms with Crippen LogP contribution in [0.5, 0.6) is 0 Å². The van der Waals surface area contributed by atoms with E-state index in [1.54, 1.807) is 30.3 Å². The standard InChI is InChI=1S/C14H20O2Se/c1-2-3-4-5-6-10-13-17(15,16)14-11-8-7-9-12-14/h7-13H,2-6H2,1H3/b13-10-. The van der Waals surface area contributed by atoms with Gasteiger partial charge in [-0.25, -0.2) is 0 Å². The second-order valence-electron chi connectivity index (χ2n) is 4.08. The van der Waals surface area contributed by atoms with Gasteiger partial charge in [0, 0.05) is 0 Å². The van der Waals surface area contributed by atoms with Crippen LogP contribution in [0.4, 0.5) is 0 Å². The van der Waals surface area contributed by atoms with Gasteiger partial charge in [-0.1, -0.05) is 0 Å². The zero-order chi connectivity index (χ0) is 12.6. The zero-order valence-electron chi connectivity index (χ0n) is 10.3. The minimum absolute atomic E-state index is 0.438. The first-order valence-electron chi connectivity index (χ1n) is 6.13. The first-order valence-corrected chi connectivity index (χ1v) is 9.38. The van der Waals surface area contributed by atoms with E-state index in [2.05, 4.69) is 6.92 Å². The summed E-state index contributed by atoms with van der Waals surface area (Å²) in [6.45, 7) is 2.17. The zero-order valence-corrected chi connectivity index (χ0v) is 12.0. The van der Waals surface area contributed by atoms with Crippen molar-refractivity contribution in [2.45, 2.75) is 39.0 Å². The average molecular weight is 299 g/mol. The van der Waals surface area contributed by atoms with E-state index in [0.717, 1.165) is 12.8 Å². The summed E-state index contributed by atoms with van der Waals surface area (Å²) >= 11 is -4.01. The summed E-state index contributed by atoms with van der Waals surface area (Å²) < 4.78 is 24.3. The Morgan fingerprint density at radius 2 is 1.76 bits per heavy atom. The summed E-state index contributed by atoms with van der Waals surface area (Å²) in [4.78, 5) is 1.40. The van der Waals surface area contributed by atoms with Gasteiger partial charge in [-0.3, -0.25) is 0 Å². The fraction of sp³-hybridized carbons (Fsp3) is 0.429. The molecule has 0 amide bonds. The number of benzene rings is 1. The first-order chi connectivity index (χ1) is 8.17. The molecular formula is C14H20O2Se. The number of hydrogen-bond acceptors (Lipinski definition) is 2. The van der Waals surface area contributed by atoms with E-state index in [9.17, 15) is 7.67 Å². The molecule has 0 spiro atoms.